The maximum Gasteiger partial charge on any atom is 0.318 e. The number of primary amides is 1. The van der Waals surface area contributed by atoms with Crippen molar-refractivity contribution < 1.29 is 9.59 Å². The molecule has 1 aliphatic rings. The minimum atomic E-state index is -0.844. The van der Waals surface area contributed by atoms with E-state index in [0.717, 1.165) is 24.2 Å². The lowest BCUT2D eigenvalue weighted by Crippen LogP contribution is -2.36. The second kappa shape index (κ2) is 8.98. The van der Waals surface area contributed by atoms with Gasteiger partial charge in [-0.3, -0.25) is 14.7 Å². The molecule has 29 heavy (non-hydrogen) atoms. The zero-order valence-electron chi connectivity index (χ0n) is 17.3. The molecular formula is C21H29N5O2S. The molecule has 1 aromatic carbocycles. The van der Waals surface area contributed by atoms with Gasteiger partial charge in [-0.25, -0.2) is 4.79 Å². The third-order valence-corrected chi connectivity index (χ3v) is 6.15. The molecule has 8 heteroatoms. The van der Waals surface area contributed by atoms with Crippen LogP contribution in [-0.4, -0.2) is 32.5 Å². The summed E-state index contributed by atoms with van der Waals surface area (Å²) in [6.45, 7) is 6.58. The Hall–Kier alpha value is -2.35. The van der Waals surface area contributed by atoms with E-state index in [1.165, 1.54) is 36.6 Å². The van der Waals surface area contributed by atoms with Crippen LogP contribution < -0.4 is 11.1 Å². The summed E-state index contributed by atoms with van der Waals surface area (Å²) in [5.74, 6) is 0.462. The number of hydrogen-bond donors (Lipinski definition) is 2. The lowest BCUT2D eigenvalue weighted by Gasteiger charge is -2.26. The number of hydrogen-bond acceptors (Lipinski definition) is 5. The van der Waals surface area contributed by atoms with Crippen LogP contribution in [0.15, 0.2) is 29.4 Å². The minimum absolute atomic E-state index is 0.0662. The predicted octanol–water partition coefficient (Wildman–Crippen LogP) is 4.03. The number of nitrogens with zero attached hydrogens (tertiary/aromatic N) is 3. The van der Waals surface area contributed by atoms with Gasteiger partial charge in [0.15, 0.2) is 11.0 Å². The van der Waals surface area contributed by atoms with Crippen LogP contribution in [-0.2, 0) is 10.2 Å². The molecule has 0 spiro atoms. The van der Waals surface area contributed by atoms with E-state index in [2.05, 4.69) is 65.1 Å². The van der Waals surface area contributed by atoms with Crippen LogP contribution in [0.2, 0.25) is 0 Å². The lowest BCUT2D eigenvalue weighted by molar-refractivity contribution is -0.117. The van der Waals surface area contributed by atoms with Gasteiger partial charge in [-0.15, -0.1) is 10.2 Å². The van der Waals surface area contributed by atoms with Crippen molar-refractivity contribution in [3.8, 4) is 11.4 Å². The Morgan fingerprint density at radius 3 is 2.38 bits per heavy atom. The number of urea groups is 1. The third-order valence-electron chi connectivity index (χ3n) is 5.21. The largest absolute Gasteiger partial charge is 0.351 e. The maximum absolute atomic E-state index is 11.8. The van der Waals surface area contributed by atoms with Crippen molar-refractivity contribution in [3.63, 3.8) is 0 Å². The van der Waals surface area contributed by atoms with Gasteiger partial charge in [0.1, 0.15) is 0 Å². The molecule has 156 valence electrons. The normalized spacial score (nSPS) is 15.3. The molecule has 0 saturated heterocycles. The monoisotopic (exact) mass is 415 g/mol. The first-order chi connectivity index (χ1) is 13.8. The topological polar surface area (TPSA) is 103 Å². The fourth-order valence-electron chi connectivity index (χ4n) is 3.66. The number of imide groups is 1. The molecule has 0 bridgehead atoms. The van der Waals surface area contributed by atoms with Crippen molar-refractivity contribution in [2.45, 2.75) is 69.5 Å². The van der Waals surface area contributed by atoms with Gasteiger partial charge >= 0.3 is 6.03 Å². The van der Waals surface area contributed by atoms with Crippen molar-refractivity contribution >= 4 is 23.7 Å². The molecule has 1 heterocycles. The van der Waals surface area contributed by atoms with Gasteiger partial charge in [-0.1, -0.05) is 76.1 Å². The first kappa shape index (κ1) is 21.4. The van der Waals surface area contributed by atoms with Crippen molar-refractivity contribution in [3.05, 3.63) is 29.8 Å². The minimum Gasteiger partial charge on any atom is -0.351 e. The summed E-state index contributed by atoms with van der Waals surface area (Å²) in [6.07, 6.45) is 5.76. The van der Waals surface area contributed by atoms with Gasteiger partial charge in [0, 0.05) is 11.6 Å². The van der Waals surface area contributed by atoms with Crippen LogP contribution in [0, 0.1) is 0 Å². The Kier molecular flexibility index (Phi) is 6.62. The molecule has 3 amide bonds. The fourth-order valence-corrected chi connectivity index (χ4v) is 4.47. The third kappa shape index (κ3) is 5.38. The summed E-state index contributed by atoms with van der Waals surface area (Å²) in [5, 5.41) is 11.6. The van der Waals surface area contributed by atoms with E-state index >= 15 is 0 Å². The second-order valence-electron chi connectivity index (χ2n) is 8.50. The first-order valence-electron chi connectivity index (χ1n) is 10.0. The van der Waals surface area contributed by atoms with Gasteiger partial charge in [0.05, 0.1) is 5.75 Å². The molecule has 0 aliphatic heterocycles. The van der Waals surface area contributed by atoms with Crippen molar-refractivity contribution in [2.75, 3.05) is 5.75 Å². The molecule has 0 unspecified atom stereocenters. The Morgan fingerprint density at radius 1 is 1.14 bits per heavy atom. The lowest BCUT2D eigenvalue weighted by atomic mass is 9.86. The fraction of sp³-hybridized carbons (Fsp3) is 0.524. The van der Waals surface area contributed by atoms with Crippen molar-refractivity contribution in [1.29, 1.82) is 0 Å². The van der Waals surface area contributed by atoms with E-state index in [1.54, 1.807) is 0 Å². The number of carbonyl (C=O) groups is 2. The van der Waals surface area contributed by atoms with Crippen LogP contribution in [0.1, 0.15) is 64.5 Å². The molecule has 3 rings (SSSR count). The predicted molar refractivity (Wildman–Crippen MR) is 115 cm³/mol. The molecule has 1 aliphatic carbocycles. The van der Waals surface area contributed by atoms with Crippen molar-refractivity contribution in [1.82, 2.24) is 20.1 Å². The summed E-state index contributed by atoms with van der Waals surface area (Å²) in [6, 6.07) is 7.95. The van der Waals surface area contributed by atoms with Crippen LogP contribution in [0.25, 0.3) is 11.4 Å². The van der Waals surface area contributed by atoms with Gasteiger partial charge in [-0.05, 0) is 23.8 Å². The molecule has 1 saturated carbocycles. The average Bonchev–Trinajstić information content (AvgIpc) is 3.10. The van der Waals surface area contributed by atoms with Gasteiger partial charge in [0.25, 0.3) is 0 Å². The Balaban J connectivity index is 1.89. The molecule has 3 N–H and O–H groups in total. The average molecular weight is 416 g/mol. The standard InChI is InChI=1S/C21H29N5O2S/c1-21(2,3)15-11-9-14(10-12-15)18-24-25-20(29-13-17(27)23-19(22)28)26(18)16-7-5-4-6-8-16/h9-12,16H,4-8,13H2,1-3H3,(H3,22,23,27,28). The number of nitrogens with one attached hydrogen (secondary N) is 1. The van der Waals surface area contributed by atoms with Gasteiger partial charge in [-0.2, -0.15) is 0 Å². The number of carbonyl (C=O) groups excluding carboxylic acids is 2. The summed E-state index contributed by atoms with van der Waals surface area (Å²) in [4.78, 5) is 22.7. The Labute approximate surface area is 175 Å². The summed E-state index contributed by atoms with van der Waals surface area (Å²) in [5.41, 5.74) is 7.39. The molecule has 1 fully saturated rings. The van der Waals surface area contributed by atoms with E-state index in [1.807, 2.05) is 0 Å². The van der Waals surface area contributed by atoms with Crippen molar-refractivity contribution in [2.24, 2.45) is 5.73 Å². The molecular weight excluding hydrogens is 386 g/mol. The first-order valence-corrected chi connectivity index (χ1v) is 11.0. The highest BCUT2D eigenvalue weighted by Crippen LogP contribution is 2.36. The second-order valence-corrected chi connectivity index (χ2v) is 9.44. The summed E-state index contributed by atoms with van der Waals surface area (Å²) >= 11 is 1.28. The van der Waals surface area contributed by atoms with Crippen LogP contribution >= 0.6 is 11.8 Å². The number of thioether (sulfide) groups is 1. The van der Waals surface area contributed by atoms with Crippen LogP contribution in [0.4, 0.5) is 4.79 Å². The summed E-state index contributed by atoms with van der Waals surface area (Å²) in [7, 11) is 0. The molecule has 2 aromatic rings. The molecule has 7 nitrogen and oxygen atoms in total. The zero-order chi connectivity index (χ0) is 21.0. The summed E-state index contributed by atoms with van der Waals surface area (Å²) < 4.78 is 2.17. The number of aromatic nitrogens is 3. The smallest absolute Gasteiger partial charge is 0.318 e. The molecule has 0 atom stereocenters. The highest BCUT2D eigenvalue weighted by atomic mass is 32.2. The number of amides is 3. The Morgan fingerprint density at radius 2 is 1.79 bits per heavy atom. The molecule has 1 aromatic heterocycles. The number of nitrogens with two attached hydrogens (primary N) is 1. The van der Waals surface area contributed by atoms with E-state index < -0.39 is 11.9 Å². The number of benzene rings is 1. The van der Waals surface area contributed by atoms with E-state index in [9.17, 15) is 9.59 Å². The van der Waals surface area contributed by atoms with E-state index in [4.69, 9.17) is 5.73 Å². The van der Waals surface area contributed by atoms with E-state index in [-0.39, 0.29) is 11.2 Å². The van der Waals surface area contributed by atoms with Crippen LogP contribution in [0.5, 0.6) is 0 Å². The van der Waals surface area contributed by atoms with Gasteiger partial charge < -0.3 is 5.73 Å². The highest BCUT2D eigenvalue weighted by molar-refractivity contribution is 7.99. The van der Waals surface area contributed by atoms with Gasteiger partial charge in [0.2, 0.25) is 5.91 Å². The maximum atomic E-state index is 11.8. The molecule has 0 radical (unpaired) electrons. The Bertz CT molecular complexity index is 864. The number of rotatable bonds is 5. The van der Waals surface area contributed by atoms with E-state index in [0.29, 0.717) is 11.2 Å². The quantitative estimate of drug-likeness (QED) is 0.718. The van der Waals surface area contributed by atoms with Crippen LogP contribution in [0.3, 0.4) is 0 Å². The highest BCUT2D eigenvalue weighted by Gasteiger charge is 2.24. The SMILES string of the molecule is CC(C)(C)c1ccc(-c2nnc(SCC(=O)NC(N)=O)n2C2CCCCC2)cc1. The zero-order valence-corrected chi connectivity index (χ0v) is 18.1.